The normalized spacial score (nSPS) is 17.1. The van der Waals surface area contributed by atoms with Gasteiger partial charge in [0.15, 0.2) is 5.11 Å². The summed E-state index contributed by atoms with van der Waals surface area (Å²) in [5.41, 5.74) is 4.65. The van der Waals surface area contributed by atoms with Gasteiger partial charge in [-0.3, -0.25) is 14.5 Å². The number of nitrogens with one attached hydrogen (secondary N) is 2. The molecule has 190 valence electrons. The number of aryl methyl sites for hydroxylation is 1. The summed E-state index contributed by atoms with van der Waals surface area (Å²) >= 11 is 5.78. The number of aromatic nitrogens is 5. The van der Waals surface area contributed by atoms with Crippen LogP contribution < -0.4 is 15.4 Å². The maximum absolute atomic E-state index is 12.9. The molecule has 3 aromatic heterocycles. The molecule has 0 saturated carbocycles. The Bertz CT molecular complexity index is 1400. The molecule has 2 N–H and O–H groups in total. The summed E-state index contributed by atoms with van der Waals surface area (Å²) in [6, 6.07) is 15.0. The molecule has 11 heteroatoms. The topological polar surface area (TPSA) is 102 Å². The molecule has 37 heavy (non-hydrogen) atoms. The molecule has 0 aliphatic carbocycles. The van der Waals surface area contributed by atoms with E-state index in [1.165, 1.54) is 0 Å². The van der Waals surface area contributed by atoms with Crippen molar-refractivity contribution in [2.45, 2.75) is 32.4 Å². The van der Waals surface area contributed by atoms with E-state index in [1.807, 2.05) is 54.1 Å². The lowest BCUT2D eigenvalue weighted by Gasteiger charge is -2.28. The fourth-order valence-electron chi connectivity index (χ4n) is 4.90. The number of amides is 1. The number of carbonyl (C=O) groups excluding carboxylic acids is 1. The smallest absolute Gasteiger partial charge is 0.226 e. The average molecular weight is 517 g/mol. The van der Waals surface area contributed by atoms with Crippen molar-refractivity contribution in [3.63, 3.8) is 0 Å². The number of para-hydroxylation sites is 2. The predicted octanol–water partition coefficient (Wildman–Crippen LogP) is 3.41. The van der Waals surface area contributed by atoms with Gasteiger partial charge in [-0.15, -0.1) is 10.2 Å². The predicted molar refractivity (Wildman–Crippen MR) is 143 cm³/mol. The van der Waals surface area contributed by atoms with E-state index in [2.05, 4.69) is 48.4 Å². The molecular formula is C26H28N8O2S. The van der Waals surface area contributed by atoms with Gasteiger partial charge in [-0.2, -0.15) is 0 Å². The SMILES string of the molecule is COc1ccccc1NC(=O)CCN1C(=S)NC(c2ccccn2)C1c1cc(C)n(-n2cnnc2)c1C. The summed E-state index contributed by atoms with van der Waals surface area (Å²) in [4.78, 5) is 19.6. The number of hydrogen-bond acceptors (Lipinski definition) is 6. The second-order valence-corrected chi connectivity index (χ2v) is 9.19. The van der Waals surface area contributed by atoms with Crippen LogP contribution in [0.5, 0.6) is 5.75 Å². The molecule has 1 aromatic carbocycles. The molecule has 1 saturated heterocycles. The maximum Gasteiger partial charge on any atom is 0.226 e. The van der Waals surface area contributed by atoms with E-state index in [1.54, 1.807) is 26.0 Å². The molecule has 2 atom stereocenters. The first-order chi connectivity index (χ1) is 18.0. The Morgan fingerprint density at radius 2 is 1.89 bits per heavy atom. The molecule has 4 heterocycles. The number of ether oxygens (including phenoxy) is 1. The lowest BCUT2D eigenvalue weighted by atomic mass is 9.96. The number of rotatable bonds is 8. The van der Waals surface area contributed by atoms with Gasteiger partial charge in [0.25, 0.3) is 0 Å². The van der Waals surface area contributed by atoms with Crippen LogP contribution >= 0.6 is 12.2 Å². The van der Waals surface area contributed by atoms with E-state index in [0.717, 1.165) is 22.6 Å². The van der Waals surface area contributed by atoms with Crippen molar-refractivity contribution in [1.82, 2.24) is 34.8 Å². The molecule has 0 radical (unpaired) electrons. The van der Waals surface area contributed by atoms with E-state index in [4.69, 9.17) is 17.0 Å². The Morgan fingerprint density at radius 3 is 2.62 bits per heavy atom. The second-order valence-electron chi connectivity index (χ2n) is 8.80. The number of carbonyl (C=O) groups is 1. The molecule has 1 fully saturated rings. The van der Waals surface area contributed by atoms with Gasteiger partial charge in [-0.25, -0.2) is 4.68 Å². The van der Waals surface area contributed by atoms with Crippen molar-refractivity contribution in [1.29, 1.82) is 0 Å². The molecule has 0 spiro atoms. The van der Waals surface area contributed by atoms with Crippen molar-refractivity contribution >= 4 is 28.9 Å². The standard InChI is InChI=1S/C26H28N8O2S/c1-17-14-19(18(2)34(17)32-15-28-29-16-32)25-24(21-9-6-7-12-27-21)31-26(37)33(25)13-11-23(35)30-20-8-4-5-10-22(20)36-3/h4-10,12,14-16,24-25H,11,13H2,1-3H3,(H,30,35)(H,31,37). The average Bonchev–Trinajstić information content (AvgIpc) is 3.61. The zero-order valence-electron chi connectivity index (χ0n) is 20.8. The molecule has 1 aliphatic heterocycles. The highest BCUT2D eigenvalue weighted by Gasteiger charge is 2.41. The minimum absolute atomic E-state index is 0.123. The van der Waals surface area contributed by atoms with Crippen molar-refractivity contribution in [3.05, 3.63) is 90.0 Å². The van der Waals surface area contributed by atoms with Crippen LogP contribution in [-0.2, 0) is 4.79 Å². The highest BCUT2D eigenvalue weighted by molar-refractivity contribution is 7.80. The van der Waals surface area contributed by atoms with Crippen molar-refractivity contribution in [2.75, 3.05) is 19.0 Å². The van der Waals surface area contributed by atoms with Gasteiger partial charge in [0.2, 0.25) is 5.91 Å². The lowest BCUT2D eigenvalue weighted by Crippen LogP contribution is -2.33. The minimum atomic E-state index is -0.180. The van der Waals surface area contributed by atoms with E-state index < -0.39 is 0 Å². The molecule has 1 aliphatic rings. The molecule has 1 amide bonds. The molecule has 4 aromatic rings. The van der Waals surface area contributed by atoms with Crippen LogP contribution in [0.25, 0.3) is 0 Å². The van der Waals surface area contributed by atoms with Gasteiger partial charge < -0.3 is 20.3 Å². The van der Waals surface area contributed by atoms with Crippen LogP contribution in [-0.4, -0.2) is 54.1 Å². The van der Waals surface area contributed by atoms with Crippen molar-refractivity contribution in [3.8, 4) is 5.75 Å². The molecular weight excluding hydrogens is 488 g/mol. The third-order valence-electron chi connectivity index (χ3n) is 6.55. The van der Waals surface area contributed by atoms with Crippen molar-refractivity contribution < 1.29 is 9.53 Å². The summed E-state index contributed by atoms with van der Waals surface area (Å²) < 4.78 is 9.26. The first-order valence-corrected chi connectivity index (χ1v) is 12.3. The molecule has 5 rings (SSSR count). The third kappa shape index (κ3) is 4.77. The Morgan fingerprint density at radius 1 is 1.14 bits per heavy atom. The van der Waals surface area contributed by atoms with E-state index in [9.17, 15) is 4.79 Å². The molecule has 10 nitrogen and oxygen atoms in total. The maximum atomic E-state index is 12.9. The minimum Gasteiger partial charge on any atom is -0.495 e. The van der Waals surface area contributed by atoms with Crippen LogP contribution in [0.1, 0.15) is 41.1 Å². The number of thiocarbonyl (C=S) groups is 1. The van der Waals surface area contributed by atoms with Crippen LogP contribution in [0, 0.1) is 13.8 Å². The largest absolute Gasteiger partial charge is 0.495 e. The number of nitrogens with zero attached hydrogens (tertiary/aromatic N) is 6. The van der Waals surface area contributed by atoms with Crippen molar-refractivity contribution in [2.24, 2.45) is 0 Å². The summed E-state index contributed by atoms with van der Waals surface area (Å²) in [6.07, 6.45) is 5.35. The van der Waals surface area contributed by atoms with Gasteiger partial charge in [0, 0.05) is 36.1 Å². The number of methoxy groups -OCH3 is 1. The second kappa shape index (κ2) is 10.4. The van der Waals surface area contributed by atoms with Gasteiger partial charge in [-0.05, 0) is 56.4 Å². The van der Waals surface area contributed by atoms with Crippen LogP contribution in [0.15, 0.2) is 67.4 Å². The van der Waals surface area contributed by atoms with E-state index >= 15 is 0 Å². The highest BCUT2D eigenvalue weighted by Crippen LogP contribution is 2.41. The number of hydrogen-bond donors (Lipinski definition) is 2. The quantitative estimate of drug-likeness (QED) is 0.344. The number of pyridine rings is 1. The Labute approximate surface area is 220 Å². The third-order valence-corrected chi connectivity index (χ3v) is 6.90. The summed E-state index contributed by atoms with van der Waals surface area (Å²) in [6.45, 7) is 4.53. The Kier molecular flexibility index (Phi) is 6.87. The fourth-order valence-corrected chi connectivity index (χ4v) is 5.23. The summed E-state index contributed by atoms with van der Waals surface area (Å²) in [7, 11) is 1.58. The monoisotopic (exact) mass is 516 g/mol. The first kappa shape index (κ1) is 24.4. The van der Waals surface area contributed by atoms with Gasteiger partial charge >= 0.3 is 0 Å². The summed E-state index contributed by atoms with van der Waals surface area (Å²) in [5, 5.41) is 14.9. The Balaban J connectivity index is 1.44. The van der Waals surface area contributed by atoms with Crippen LogP contribution in [0.3, 0.4) is 0 Å². The fraction of sp³-hybridized carbons (Fsp3) is 0.269. The molecule has 0 bridgehead atoms. The zero-order chi connectivity index (χ0) is 25.9. The van der Waals surface area contributed by atoms with Crippen LogP contribution in [0.2, 0.25) is 0 Å². The summed E-state index contributed by atoms with van der Waals surface area (Å²) in [5.74, 6) is 0.492. The highest BCUT2D eigenvalue weighted by atomic mass is 32.1. The van der Waals surface area contributed by atoms with Crippen LogP contribution in [0.4, 0.5) is 5.69 Å². The van der Waals surface area contributed by atoms with E-state index in [0.29, 0.717) is 23.1 Å². The van der Waals surface area contributed by atoms with Gasteiger partial charge in [-0.1, -0.05) is 18.2 Å². The number of benzene rings is 1. The Hall–Kier alpha value is -4.25. The lowest BCUT2D eigenvalue weighted by molar-refractivity contribution is -0.116. The first-order valence-electron chi connectivity index (χ1n) is 11.9. The zero-order valence-corrected chi connectivity index (χ0v) is 21.6. The van der Waals surface area contributed by atoms with Gasteiger partial charge in [0.1, 0.15) is 18.4 Å². The van der Waals surface area contributed by atoms with Gasteiger partial charge in [0.05, 0.1) is 30.6 Å². The van der Waals surface area contributed by atoms with E-state index in [-0.39, 0.29) is 24.4 Å². The number of anilines is 1. The molecule has 2 unspecified atom stereocenters.